The third-order valence-electron chi connectivity index (χ3n) is 4.95. The maximum Gasteiger partial charge on any atom is 0.0417 e. The van der Waals surface area contributed by atoms with E-state index >= 15 is 0 Å². The lowest BCUT2D eigenvalue weighted by Gasteiger charge is -2.50. The fourth-order valence-electron chi connectivity index (χ4n) is 3.72. The molecule has 0 atom stereocenters. The minimum Gasteiger partial charge on any atom is -0.314 e. The molecule has 1 saturated carbocycles. The van der Waals surface area contributed by atoms with Crippen molar-refractivity contribution in [2.75, 3.05) is 19.6 Å². The molecule has 1 spiro atoms. The lowest BCUT2D eigenvalue weighted by molar-refractivity contribution is 0.0207. The van der Waals surface area contributed by atoms with Crippen molar-refractivity contribution < 1.29 is 0 Å². The molecule has 1 aliphatic carbocycles. The molecular weight excluding hydrogens is 234 g/mol. The van der Waals surface area contributed by atoms with Gasteiger partial charge in [0, 0.05) is 43.6 Å². The Bertz CT molecular complexity index is 415. The van der Waals surface area contributed by atoms with Crippen LogP contribution in [0.3, 0.4) is 0 Å². The van der Waals surface area contributed by atoms with Crippen LogP contribution in [0.5, 0.6) is 0 Å². The lowest BCUT2D eigenvalue weighted by atomic mass is 9.79. The van der Waals surface area contributed by atoms with Gasteiger partial charge in [-0.3, -0.25) is 9.88 Å². The molecule has 2 aliphatic rings. The molecule has 0 aromatic carbocycles. The first-order chi connectivity index (χ1) is 9.30. The van der Waals surface area contributed by atoms with Crippen LogP contribution >= 0.6 is 0 Å². The molecule has 0 radical (unpaired) electrons. The SMILES string of the molecule is Cc1ncccc1CN1CCNCC12CCCCC2. The number of hydrogen-bond donors (Lipinski definition) is 1. The summed E-state index contributed by atoms with van der Waals surface area (Å²) in [7, 11) is 0. The van der Waals surface area contributed by atoms with Gasteiger partial charge in [0.2, 0.25) is 0 Å². The van der Waals surface area contributed by atoms with Crippen LogP contribution in [0.15, 0.2) is 18.3 Å². The van der Waals surface area contributed by atoms with Crippen molar-refractivity contribution in [1.29, 1.82) is 0 Å². The van der Waals surface area contributed by atoms with Gasteiger partial charge in [0.05, 0.1) is 0 Å². The van der Waals surface area contributed by atoms with E-state index < -0.39 is 0 Å². The standard InChI is InChI=1S/C16H25N3/c1-14-15(6-5-9-18-14)12-19-11-10-17-13-16(19)7-3-2-4-8-16/h5-6,9,17H,2-4,7-8,10-13H2,1H3. The summed E-state index contributed by atoms with van der Waals surface area (Å²) in [6.45, 7) is 6.67. The van der Waals surface area contributed by atoms with Crippen LogP contribution in [-0.2, 0) is 6.54 Å². The van der Waals surface area contributed by atoms with Crippen molar-refractivity contribution in [2.45, 2.75) is 51.1 Å². The van der Waals surface area contributed by atoms with Crippen LogP contribution in [0.25, 0.3) is 0 Å². The average molecular weight is 259 g/mol. The predicted octanol–water partition coefficient (Wildman–Crippen LogP) is 2.50. The van der Waals surface area contributed by atoms with E-state index in [4.69, 9.17) is 0 Å². The summed E-state index contributed by atoms with van der Waals surface area (Å²) in [4.78, 5) is 7.16. The number of pyridine rings is 1. The maximum absolute atomic E-state index is 4.44. The first-order valence-corrected chi connectivity index (χ1v) is 7.66. The number of aryl methyl sites for hydroxylation is 1. The molecule has 1 aromatic rings. The first-order valence-electron chi connectivity index (χ1n) is 7.66. The summed E-state index contributed by atoms with van der Waals surface area (Å²) in [5, 5.41) is 3.62. The van der Waals surface area contributed by atoms with Crippen molar-refractivity contribution >= 4 is 0 Å². The zero-order valence-electron chi connectivity index (χ0n) is 12.0. The van der Waals surface area contributed by atoms with E-state index in [2.05, 4.69) is 34.3 Å². The molecule has 3 rings (SSSR count). The van der Waals surface area contributed by atoms with E-state index in [1.807, 2.05) is 6.20 Å². The average Bonchev–Trinajstić information content (AvgIpc) is 2.45. The molecule has 1 aliphatic heterocycles. The largest absolute Gasteiger partial charge is 0.314 e. The van der Waals surface area contributed by atoms with Crippen molar-refractivity contribution in [3.8, 4) is 0 Å². The molecule has 104 valence electrons. The van der Waals surface area contributed by atoms with E-state index in [1.54, 1.807) is 0 Å². The normalized spacial score (nSPS) is 23.6. The molecule has 3 heteroatoms. The Balaban J connectivity index is 1.79. The number of hydrogen-bond acceptors (Lipinski definition) is 3. The molecule has 19 heavy (non-hydrogen) atoms. The Labute approximate surface area is 116 Å². The molecule has 1 N–H and O–H groups in total. The van der Waals surface area contributed by atoms with Gasteiger partial charge < -0.3 is 5.32 Å². The quantitative estimate of drug-likeness (QED) is 0.884. The topological polar surface area (TPSA) is 28.2 Å². The Kier molecular flexibility index (Phi) is 3.85. The molecule has 2 fully saturated rings. The highest BCUT2D eigenvalue weighted by atomic mass is 15.3. The van der Waals surface area contributed by atoms with E-state index in [9.17, 15) is 0 Å². The highest BCUT2D eigenvalue weighted by molar-refractivity contribution is 5.19. The molecule has 0 unspecified atom stereocenters. The third-order valence-corrected chi connectivity index (χ3v) is 4.95. The molecule has 1 saturated heterocycles. The fourth-order valence-corrected chi connectivity index (χ4v) is 3.72. The van der Waals surface area contributed by atoms with Gasteiger partial charge >= 0.3 is 0 Å². The summed E-state index contributed by atoms with van der Waals surface area (Å²) in [5.41, 5.74) is 3.00. The monoisotopic (exact) mass is 259 g/mol. The van der Waals surface area contributed by atoms with Crippen LogP contribution in [0, 0.1) is 6.92 Å². The van der Waals surface area contributed by atoms with Gasteiger partial charge in [0.25, 0.3) is 0 Å². The van der Waals surface area contributed by atoms with Crippen LogP contribution in [0.4, 0.5) is 0 Å². The maximum atomic E-state index is 4.44. The van der Waals surface area contributed by atoms with Crippen LogP contribution in [0.1, 0.15) is 43.4 Å². The molecule has 1 aromatic heterocycles. The molecular formula is C16H25N3. The van der Waals surface area contributed by atoms with Gasteiger partial charge in [-0.1, -0.05) is 25.3 Å². The highest BCUT2D eigenvalue weighted by Crippen LogP contribution is 2.35. The third kappa shape index (κ3) is 2.67. The fraction of sp³-hybridized carbons (Fsp3) is 0.688. The second-order valence-corrected chi connectivity index (χ2v) is 6.13. The zero-order chi connectivity index (χ0) is 13.1. The first kappa shape index (κ1) is 13.1. The van der Waals surface area contributed by atoms with Gasteiger partial charge in [-0.05, 0) is 31.4 Å². The number of piperazine rings is 1. The van der Waals surface area contributed by atoms with E-state index in [0.717, 1.165) is 13.1 Å². The summed E-state index contributed by atoms with van der Waals surface area (Å²) < 4.78 is 0. The molecule has 3 nitrogen and oxygen atoms in total. The molecule has 0 amide bonds. The number of nitrogens with one attached hydrogen (secondary N) is 1. The van der Waals surface area contributed by atoms with Gasteiger partial charge in [0.15, 0.2) is 0 Å². The van der Waals surface area contributed by atoms with Crippen molar-refractivity contribution in [3.05, 3.63) is 29.6 Å². The number of nitrogens with zero attached hydrogens (tertiary/aromatic N) is 2. The molecule has 2 heterocycles. The minimum atomic E-state index is 0.415. The Morgan fingerprint density at radius 3 is 2.95 bits per heavy atom. The smallest absolute Gasteiger partial charge is 0.0417 e. The van der Waals surface area contributed by atoms with Crippen LogP contribution < -0.4 is 5.32 Å². The van der Waals surface area contributed by atoms with E-state index in [0.29, 0.717) is 5.54 Å². The van der Waals surface area contributed by atoms with Gasteiger partial charge in [-0.2, -0.15) is 0 Å². The van der Waals surface area contributed by atoms with Crippen molar-refractivity contribution in [2.24, 2.45) is 0 Å². The number of aromatic nitrogens is 1. The Morgan fingerprint density at radius 2 is 2.16 bits per heavy atom. The predicted molar refractivity (Wildman–Crippen MR) is 78.1 cm³/mol. The van der Waals surface area contributed by atoms with Gasteiger partial charge in [-0.15, -0.1) is 0 Å². The molecule has 0 bridgehead atoms. The second kappa shape index (κ2) is 5.59. The highest BCUT2D eigenvalue weighted by Gasteiger charge is 2.39. The summed E-state index contributed by atoms with van der Waals surface area (Å²) in [5.74, 6) is 0. The van der Waals surface area contributed by atoms with E-state index in [-0.39, 0.29) is 0 Å². The van der Waals surface area contributed by atoms with Crippen LogP contribution in [0.2, 0.25) is 0 Å². The van der Waals surface area contributed by atoms with E-state index in [1.165, 1.54) is 56.5 Å². The number of rotatable bonds is 2. The Hall–Kier alpha value is -0.930. The van der Waals surface area contributed by atoms with Gasteiger partial charge in [-0.25, -0.2) is 0 Å². The summed E-state index contributed by atoms with van der Waals surface area (Å²) in [6, 6.07) is 4.30. The summed E-state index contributed by atoms with van der Waals surface area (Å²) >= 11 is 0. The van der Waals surface area contributed by atoms with Gasteiger partial charge in [0.1, 0.15) is 0 Å². The van der Waals surface area contributed by atoms with Crippen molar-refractivity contribution in [1.82, 2.24) is 15.2 Å². The Morgan fingerprint density at radius 1 is 1.32 bits per heavy atom. The van der Waals surface area contributed by atoms with Crippen LogP contribution in [-0.4, -0.2) is 35.1 Å². The lowest BCUT2D eigenvalue weighted by Crippen LogP contribution is -2.61. The zero-order valence-corrected chi connectivity index (χ0v) is 12.0. The summed E-state index contributed by atoms with van der Waals surface area (Å²) in [6.07, 6.45) is 8.82. The minimum absolute atomic E-state index is 0.415. The van der Waals surface area contributed by atoms with Crippen molar-refractivity contribution in [3.63, 3.8) is 0 Å². The second-order valence-electron chi connectivity index (χ2n) is 6.13.